The van der Waals surface area contributed by atoms with Gasteiger partial charge in [0.05, 0.1) is 33.0 Å². The van der Waals surface area contributed by atoms with E-state index in [9.17, 15) is 30.3 Å². The average Bonchev–Trinajstić information content (AvgIpc) is 2.66. The summed E-state index contributed by atoms with van der Waals surface area (Å²) < 4.78 is 0. The van der Waals surface area contributed by atoms with Crippen LogP contribution in [0.3, 0.4) is 0 Å². The van der Waals surface area contributed by atoms with Gasteiger partial charge in [-0.15, -0.1) is 0 Å². The first-order valence-electron chi connectivity index (χ1n) is 8.50. The van der Waals surface area contributed by atoms with Gasteiger partial charge in [0.25, 0.3) is 17.1 Å². The van der Waals surface area contributed by atoms with Crippen LogP contribution in [-0.4, -0.2) is 30.1 Å². The van der Waals surface area contributed by atoms with Gasteiger partial charge in [0, 0.05) is 95.2 Å². The van der Waals surface area contributed by atoms with Crippen LogP contribution in [0.4, 0.5) is 34.1 Å². The van der Waals surface area contributed by atoms with Crippen LogP contribution in [0.25, 0.3) is 0 Å². The Labute approximate surface area is 224 Å². The largest absolute Gasteiger partial charge is 0.508 e. The summed E-state index contributed by atoms with van der Waals surface area (Å²) in [6, 6.07) is 10.4. The maximum absolute atomic E-state index is 10.1. The Bertz CT molecular complexity index is 986. The van der Waals surface area contributed by atoms with Crippen LogP contribution >= 0.6 is 0 Å². The summed E-state index contributed by atoms with van der Waals surface area (Å²) in [6.07, 6.45) is 0. The van der Waals surface area contributed by atoms with Gasteiger partial charge in [0.1, 0.15) is 17.2 Å². The molecule has 9 N–H and O–H groups in total. The molecule has 0 aliphatic carbocycles. The van der Waals surface area contributed by atoms with Gasteiger partial charge >= 0.3 is 0 Å². The fourth-order valence-electron chi connectivity index (χ4n) is 2.17. The summed E-state index contributed by atoms with van der Waals surface area (Å²) in [6.45, 7) is 0. The molecule has 0 aliphatic heterocycles. The minimum atomic E-state index is -0.615. The predicted molar refractivity (Wildman–Crippen MR) is 118 cm³/mol. The molecule has 0 saturated heterocycles. The minimum absolute atomic E-state index is 0. The monoisotopic (exact) mass is 602 g/mol. The molecule has 34 heavy (non-hydrogen) atoms. The molecular formula is C18H18CeN6O9. The third-order valence-electron chi connectivity index (χ3n) is 3.41. The van der Waals surface area contributed by atoms with Crippen molar-refractivity contribution in [3.63, 3.8) is 0 Å². The van der Waals surface area contributed by atoms with Crippen molar-refractivity contribution >= 4 is 34.1 Å². The van der Waals surface area contributed by atoms with E-state index in [0.29, 0.717) is 0 Å². The van der Waals surface area contributed by atoms with E-state index in [4.69, 9.17) is 32.5 Å². The number of aromatic hydroxyl groups is 3. The molecule has 3 aromatic rings. The van der Waals surface area contributed by atoms with E-state index in [-0.39, 0.29) is 93.1 Å². The summed E-state index contributed by atoms with van der Waals surface area (Å²) in [4.78, 5) is 28.6. The summed E-state index contributed by atoms with van der Waals surface area (Å²) in [7, 11) is 0. The van der Waals surface area contributed by atoms with Crippen molar-refractivity contribution in [3.05, 3.63) is 84.9 Å². The number of hydrogen-bond acceptors (Lipinski definition) is 12. The Morgan fingerprint density at radius 2 is 0.706 bits per heavy atom. The molecule has 0 heterocycles. The van der Waals surface area contributed by atoms with Gasteiger partial charge in [0.2, 0.25) is 0 Å². The van der Waals surface area contributed by atoms with E-state index < -0.39 is 14.8 Å². The van der Waals surface area contributed by atoms with Gasteiger partial charge in [-0.05, 0) is 0 Å². The Kier molecular flexibility index (Phi) is 12.0. The molecule has 0 saturated carbocycles. The second-order valence-corrected chi connectivity index (χ2v) is 6.12. The van der Waals surface area contributed by atoms with Crippen molar-refractivity contribution in [2.45, 2.75) is 0 Å². The normalized spacial score (nSPS) is 9.18. The van der Waals surface area contributed by atoms with Crippen molar-refractivity contribution in [1.82, 2.24) is 0 Å². The van der Waals surface area contributed by atoms with Gasteiger partial charge in [-0.25, -0.2) is 0 Å². The molecule has 178 valence electrons. The molecule has 0 spiro atoms. The fourth-order valence-corrected chi connectivity index (χ4v) is 2.17. The van der Waals surface area contributed by atoms with Gasteiger partial charge in [0.15, 0.2) is 0 Å². The van der Waals surface area contributed by atoms with Crippen molar-refractivity contribution in [2.75, 3.05) is 17.2 Å². The molecule has 16 heteroatoms. The van der Waals surface area contributed by atoms with Crippen LogP contribution in [-0.2, 0) is 0 Å². The SMILES string of the molecule is Nc1cc(O)cc([N+](=O)[O-])c1.Nc1cc(O)cc([N+](=O)[O-])c1.Nc1cc(O)cc([N+](=O)[O-])c1.[Ce]. The Hall–Kier alpha value is -3.96. The first-order chi connectivity index (χ1) is 15.3. The number of phenolic OH excluding ortho intramolecular Hbond substituents is 3. The van der Waals surface area contributed by atoms with Crippen molar-refractivity contribution in [3.8, 4) is 17.2 Å². The van der Waals surface area contributed by atoms with Crippen LogP contribution in [0.15, 0.2) is 54.6 Å². The second-order valence-electron chi connectivity index (χ2n) is 6.12. The van der Waals surface area contributed by atoms with Crippen molar-refractivity contribution in [2.24, 2.45) is 0 Å². The smallest absolute Gasteiger partial charge is 0.275 e. The van der Waals surface area contributed by atoms with Crippen LogP contribution in [0.1, 0.15) is 0 Å². The van der Waals surface area contributed by atoms with Crippen LogP contribution in [0.5, 0.6) is 17.2 Å². The first-order valence-corrected chi connectivity index (χ1v) is 8.50. The maximum Gasteiger partial charge on any atom is 0.275 e. The number of nitro groups is 3. The van der Waals surface area contributed by atoms with Gasteiger partial charge in [-0.2, -0.15) is 0 Å². The van der Waals surface area contributed by atoms with Crippen LogP contribution < -0.4 is 17.2 Å². The zero-order valence-electron chi connectivity index (χ0n) is 17.1. The Balaban J connectivity index is 0.000000473. The van der Waals surface area contributed by atoms with Crippen molar-refractivity contribution in [1.29, 1.82) is 0 Å². The zero-order valence-corrected chi connectivity index (χ0v) is 20.2. The third kappa shape index (κ3) is 10.6. The van der Waals surface area contributed by atoms with Gasteiger partial charge in [-0.1, -0.05) is 0 Å². The van der Waals surface area contributed by atoms with E-state index in [1.54, 1.807) is 0 Å². The first kappa shape index (κ1) is 30.0. The third-order valence-corrected chi connectivity index (χ3v) is 3.41. The standard InChI is InChI=1S/3C6H6N2O3.Ce/c3*7-4-1-5(8(10)11)3-6(9)2-4;/h3*1-3,9H,7H2;. The van der Waals surface area contributed by atoms with Crippen LogP contribution in [0, 0.1) is 72.1 Å². The molecule has 0 unspecified atom stereocenters. The number of nitrogens with zero attached hydrogens (tertiary/aromatic N) is 3. The zero-order chi connectivity index (χ0) is 25.3. The maximum atomic E-state index is 10.1. The van der Waals surface area contributed by atoms with Crippen LogP contribution in [0.2, 0.25) is 0 Å². The molecule has 0 radical (unpaired) electrons. The number of benzene rings is 3. The molecule has 0 aromatic heterocycles. The molecule has 15 nitrogen and oxygen atoms in total. The number of nitro benzene ring substituents is 3. The second kappa shape index (κ2) is 13.6. The van der Waals surface area contributed by atoms with E-state index in [1.807, 2.05) is 0 Å². The van der Waals surface area contributed by atoms with E-state index in [2.05, 4.69) is 0 Å². The molecule has 3 rings (SSSR count). The summed E-state index contributed by atoms with van der Waals surface area (Å²) in [5.74, 6) is -0.592. The number of nitrogen functional groups attached to an aromatic ring is 3. The molecule has 3 aromatic carbocycles. The van der Waals surface area contributed by atoms with E-state index in [0.717, 1.165) is 18.2 Å². The van der Waals surface area contributed by atoms with Gasteiger partial charge in [-0.3, -0.25) is 30.3 Å². The molecule has 0 amide bonds. The molecular weight excluding hydrogens is 584 g/mol. The number of anilines is 3. The molecule has 0 bridgehead atoms. The quantitative estimate of drug-likeness (QED) is 0.143. The number of hydrogen-bond donors (Lipinski definition) is 6. The summed E-state index contributed by atoms with van der Waals surface area (Å²) >= 11 is 0. The van der Waals surface area contributed by atoms with Gasteiger partial charge < -0.3 is 32.5 Å². The van der Waals surface area contributed by atoms with Crippen molar-refractivity contribution < 1.29 is 71.8 Å². The predicted octanol–water partition coefficient (Wildman–Crippen LogP) is 2.65. The Morgan fingerprint density at radius 3 is 0.853 bits per heavy atom. The molecule has 0 atom stereocenters. The van der Waals surface area contributed by atoms with E-state index >= 15 is 0 Å². The Morgan fingerprint density at radius 1 is 0.500 bits per heavy atom. The average molecular weight is 602 g/mol. The summed E-state index contributed by atoms with van der Waals surface area (Å²) in [5, 5.41) is 57.0. The summed E-state index contributed by atoms with van der Waals surface area (Å²) in [5.41, 5.74) is 15.6. The number of phenols is 3. The molecule has 0 fully saturated rings. The fraction of sp³-hybridized carbons (Fsp3) is 0. The minimum Gasteiger partial charge on any atom is -0.508 e. The molecule has 0 aliphatic rings. The number of nitrogens with two attached hydrogens (primary N) is 3. The van der Waals surface area contributed by atoms with E-state index in [1.165, 1.54) is 36.4 Å². The topological polar surface area (TPSA) is 268 Å². The number of non-ortho nitro benzene ring substituents is 3. The number of rotatable bonds is 3.